The largest absolute Gasteiger partial charge is 0.387 e. The van der Waals surface area contributed by atoms with E-state index in [-0.39, 0.29) is 36.3 Å². The normalized spacial score (nSPS) is 29.1. The van der Waals surface area contributed by atoms with Crippen LogP contribution in [-0.2, 0) is 4.79 Å². The molecule has 2 fully saturated rings. The summed E-state index contributed by atoms with van der Waals surface area (Å²) in [5, 5.41) is 12.4. The maximum Gasteiger partial charge on any atom is 0.225 e. The van der Waals surface area contributed by atoms with E-state index in [1.807, 2.05) is 22.4 Å². The minimum atomic E-state index is -0.452. The quantitative estimate of drug-likeness (QED) is 0.869. The Morgan fingerprint density at radius 3 is 2.91 bits per heavy atom. The number of nitrogens with zero attached hydrogens (tertiary/aromatic N) is 1. The fourth-order valence-electron chi connectivity index (χ4n) is 3.91. The van der Waals surface area contributed by atoms with Crippen LogP contribution in [0.25, 0.3) is 0 Å². The number of nitrogens with two attached hydrogens (primary N) is 1. The average molecular weight is 359 g/mol. The van der Waals surface area contributed by atoms with Crippen LogP contribution >= 0.6 is 23.7 Å². The Morgan fingerprint density at radius 1 is 1.39 bits per heavy atom. The van der Waals surface area contributed by atoms with Gasteiger partial charge in [-0.25, -0.2) is 0 Å². The second kappa shape index (κ2) is 8.47. The van der Waals surface area contributed by atoms with E-state index < -0.39 is 6.10 Å². The van der Waals surface area contributed by atoms with Gasteiger partial charge in [0.1, 0.15) is 0 Å². The summed E-state index contributed by atoms with van der Waals surface area (Å²) in [6.07, 6.45) is 6.17. The van der Waals surface area contributed by atoms with E-state index in [4.69, 9.17) is 5.73 Å². The van der Waals surface area contributed by atoms with E-state index in [1.165, 1.54) is 0 Å². The van der Waals surface area contributed by atoms with Gasteiger partial charge in [-0.15, -0.1) is 23.7 Å². The van der Waals surface area contributed by atoms with Gasteiger partial charge in [0.05, 0.1) is 6.10 Å². The number of amides is 1. The number of thiophene rings is 1. The van der Waals surface area contributed by atoms with Crippen LogP contribution in [0.2, 0.25) is 0 Å². The molecule has 1 saturated carbocycles. The first-order valence-electron chi connectivity index (χ1n) is 8.42. The summed E-state index contributed by atoms with van der Waals surface area (Å²) in [5.74, 6) is 0.374. The average Bonchev–Trinajstić information content (AvgIpc) is 3.18. The van der Waals surface area contributed by atoms with Crippen molar-refractivity contribution < 1.29 is 9.90 Å². The molecule has 3 rings (SSSR count). The molecule has 1 amide bonds. The fraction of sp³-hybridized carbons (Fsp3) is 0.706. The molecule has 4 nitrogen and oxygen atoms in total. The number of likely N-dealkylation sites (tertiary alicyclic amines) is 1. The Hall–Kier alpha value is -0.620. The lowest BCUT2D eigenvalue weighted by molar-refractivity contribution is -0.138. The van der Waals surface area contributed by atoms with Gasteiger partial charge in [-0.05, 0) is 50.0 Å². The minimum Gasteiger partial charge on any atom is -0.387 e. The summed E-state index contributed by atoms with van der Waals surface area (Å²) in [5.41, 5.74) is 6.03. The molecule has 0 aromatic carbocycles. The first-order valence-corrected chi connectivity index (χ1v) is 9.30. The smallest absolute Gasteiger partial charge is 0.225 e. The maximum atomic E-state index is 12.8. The van der Waals surface area contributed by atoms with Crippen LogP contribution in [0, 0.1) is 5.92 Å². The predicted octanol–water partition coefficient (Wildman–Crippen LogP) is 3.10. The predicted molar refractivity (Wildman–Crippen MR) is 95.8 cm³/mol. The summed E-state index contributed by atoms with van der Waals surface area (Å²) < 4.78 is 0. The van der Waals surface area contributed by atoms with Crippen molar-refractivity contribution in [3.63, 3.8) is 0 Å². The van der Waals surface area contributed by atoms with Gasteiger partial charge < -0.3 is 15.7 Å². The maximum absolute atomic E-state index is 12.8. The van der Waals surface area contributed by atoms with Crippen LogP contribution in [0.4, 0.5) is 0 Å². The number of aliphatic hydroxyl groups excluding tert-OH is 1. The molecule has 2 heterocycles. The third kappa shape index (κ3) is 4.47. The molecule has 1 aromatic rings. The molecule has 6 heteroatoms. The molecule has 1 aromatic heterocycles. The third-order valence-electron chi connectivity index (χ3n) is 5.09. The molecule has 1 aliphatic carbocycles. The fourth-order valence-corrected chi connectivity index (χ4v) is 4.64. The van der Waals surface area contributed by atoms with Crippen LogP contribution in [0.5, 0.6) is 0 Å². The van der Waals surface area contributed by atoms with Gasteiger partial charge in [-0.3, -0.25) is 4.79 Å². The number of aliphatic hydroxyl groups is 1. The molecular formula is C17H27ClN2O2S. The summed E-state index contributed by atoms with van der Waals surface area (Å²) in [4.78, 5) is 15.8. The highest BCUT2D eigenvalue weighted by atomic mass is 35.5. The highest BCUT2D eigenvalue weighted by Gasteiger charge is 2.35. The lowest BCUT2D eigenvalue weighted by Crippen LogP contribution is -2.43. The van der Waals surface area contributed by atoms with Crippen LogP contribution in [0.15, 0.2) is 17.5 Å². The Bertz CT molecular complexity index is 497. The molecule has 4 unspecified atom stereocenters. The number of halogens is 1. The molecule has 4 atom stereocenters. The van der Waals surface area contributed by atoms with Crippen molar-refractivity contribution in [1.82, 2.24) is 4.90 Å². The summed E-state index contributed by atoms with van der Waals surface area (Å²) in [7, 11) is 0. The van der Waals surface area contributed by atoms with Crippen molar-refractivity contribution >= 4 is 29.7 Å². The molecular weight excluding hydrogens is 332 g/mol. The Morgan fingerprint density at radius 2 is 2.22 bits per heavy atom. The SMILES string of the molecule is Cl.NC1CCCC(C(=O)N2CCCC2CC(O)c2cccs2)C1. The molecule has 0 spiro atoms. The topological polar surface area (TPSA) is 66.6 Å². The van der Waals surface area contributed by atoms with Gasteiger partial charge in [-0.2, -0.15) is 0 Å². The number of hydrogen-bond acceptors (Lipinski definition) is 4. The number of carbonyl (C=O) groups excluding carboxylic acids is 1. The Labute approximate surface area is 148 Å². The molecule has 1 aliphatic heterocycles. The van der Waals surface area contributed by atoms with Crippen LogP contribution in [0.1, 0.15) is 55.9 Å². The zero-order chi connectivity index (χ0) is 15.5. The van der Waals surface area contributed by atoms with Crippen molar-refractivity contribution in [2.45, 2.75) is 63.1 Å². The first kappa shape index (κ1) is 18.7. The van der Waals surface area contributed by atoms with Gasteiger partial charge in [0.2, 0.25) is 5.91 Å². The highest BCUT2D eigenvalue weighted by Crippen LogP contribution is 2.32. The second-order valence-corrected chi connectivity index (χ2v) is 7.70. The molecule has 1 saturated heterocycles. The first-order chi connectivity index (χ1) is 10.6. The monoisotopic (exact) mass is 358 g/mol. The minimum absolute atomic E-state index is 0. The van der Waals surface area contributed by atoms with Crippen molar-refractivity contribution in [3.8, 4) is 0 Å². The van der Waals surface area contributed by atoms with E-state index in [2.05, 4.69) is 0 Å². The van der Waals surface area contributed by atoms with Crippen LogP contribution in [-0.4, -0.2) is 34.5 Å². The molecule has 23 heavy (non-hydrogen) atoms. The molecule has 0 bridgehead atoms. The van der Waals surface area contributed by atoms with Crippen molar-refractivity contribution in [3.05, 3.63) is 22.4 Å². The van der Waals surface area contributed by atoms with Crippen molar-refractivity contribution in [2.24, 2.45) is 11.7 Å². The van der Waals surface area contributed by atoms with E-state index >= 15 is 0 Å². The van der Waals surface area contributed by atoms with E-state index in [0.29, 0.717) is 6.42 Å². The van der Waals surface area contributed by atoms with Crippen LogP contribution < -0.4 is 5.73 Å². The lowest BCUT2D eigenvalue weighted by Gasteiger charge is -2.33. The van der Waals surface area contributed by atoms with E-state index in [1.54, 1.807) is 11.3 Å². The van der Waals surface area contributed by atoms with Crippen molar-refractivity contribution in [2.75, 3.05) is 6.54 Å². The van der Waals surface area contributed by atoms with Crippen molar-refractivity contribution in [1.29, 1.82) is 0 Å². The zero-order valence-electron chi connectivity index (χ0n) is 13.4. The molecule has 0 radical (unpaired) electrons. The number of hydrogen-bond donors (Lipinski definition) is 2. The van der Waals surface area contributed by atoms with Gasteiger partial charge >= 0.3 is 0 Å². The number of carbonyl (C=O) groups is 1. The van der Waals surface area contributed by atoms with Gasteiger partial charge in [0.25, 0.3) is 0 Å². The second-order valence-electron chi connectivity index (χ2n) is 6.72. The number of rotatable bonds is 4. The van der Waals surface area contributed by atoms with Gasteiger partial charge in [-0.1, -0.05) is 12.5 Å². The highest BCUT2D eigenvalue weighted by molar-refractivity contribution is 7.10. The zero-order valence-corrected chi connectivity index (χ0v) is 15.0. The van der Waals surface area contributed by atoms with Gasteiger partial charge in [0, 0.05) is 29.4 Å². The summed E-state index contributed by atoms with van der Waals surface area (Å²) in [6.45, 7) is 0.840. The van der Waals surface area contributed by atoms with E-state index in [0.717, 1.165) is 49.9 Å². The summed E-state index contributed by atoms with van der Waals surface area (Å²) in [6, 6.07) is 4.30. The lowest BCUT2D eigenvalue weighted by atomic mass is 9.85. The van der Waals surface area contributed by atoms with E-state index in [9.17, 15) is 9.90 Å². The molecule has 2 aliphatic rings. The Kier molecular flexibility index (Phi) is 6.89. The third-order valence-corrected chi connectivity index (χ3v) is 6.06. The molecule has 130 valence electrons. The summed E-state index contributed by atoms with van der Waals surface area (Å²) >= 11 is 1.58. The van der Waals surface area contributed by atoms with Gasteiger partial charge in [0.15, 0.2) is 0 Å². The molecule has 3 N–H and O–H groups in total. The van der Waals surface area contributed by atoms with Crippen LogP contribution in [0.3, 0.4) is 0 Å². The Balaban J connectivity index is 0.00000192. The standard InChI is InChI=1S/C17H26N2O2S.ClH/c18-13-5-1-4-12(10-13)17(21)19-8-2-6-14(19)11-15(20)16-7-3-9-22-16;/h3,7,9,12-15,20H,1-2,4-6,8,10-11,18H2;1H.